The number of allylic oxidation sites excluding steroid dienone is 1. The smallest absolute Gasteiger partial charge is 0.351 e. The summed E-state index contributed by atoms with van der Waals surface area (Å²) >= 11 is 0. The molecule has 1 heterocycles. The lowest BCUT2D eigenvalue weighted by Gasteiger charge is -2.08. The van der Waals surface area contributed by atoms with Crippen molar-refractivity contribution in [1.82, 2.24) is 0 Å². The molecule has 0 saturated carbocycles. The van der Waals surface area contributed by atoms with Gasteiger partial charge in [0.05, 0.1) is 6.61 Å². The lowest BCUT2D eigenvalue weighted by atomic mass is 9.99. The Morgan fingerprint density at radius 1 is 0.967 bits per heavy atom. The first-order valence-corrected chi connectivity index (χ1v) is 9.52. The minimum absolute atomic E-state index is 0.119. The first-order chi connectivity index (χ1) is 14.6. The van der Waals surface area contributed by atoms with Gasteiger partial charge < -0.3 is 9.15 Å². The summed E-state index contributed by atoms with van der Waals surface area (Å²) in [6.45, 7) is 1.82. The molecule has 4 rings (SSSR count). The number of carbonyl (C=O) groups excluding carboxylic acids is 2. The molecular weight excluding hydrogens is 380 g/mol. The molecule has 0 radical (unpaired) electrons. The molecule has 0 aliphatic heterocycles. The van der Waals surface area contributed by atoms with E-state index in [1.54, 1.807) is 31.2 Å². The summed E-state index contributed by atoms with van der Waals surface area (Å²) in [5.74, 6) is -0.843. The Balaban J connectivity index is 1.87. The predicted octanol–water partition coefficient (Wildman–Crippen LogP) is 5.02. The summed E-state index contributed by atoms with van der Waals surface area (Å²) in [4.78, 5) is 36.9. The Kier molecular flexibility index (Phi) is 5.26. The van der Waals surface area contributed by atoms with Crippen LogP contribution in [0.2, 0.25) is 0 Å². The summed E-state index contributed by atoms with van der Waals surface area (Å²) in [6.07, 6.45) is 3.24. The van der Waals surface area contributed by atoms with Gasteiger partial charge in [-0.05, 0) is 36.1 Å². The van der Waals surface area contributed by atoms with Crippen LogP contribution in [0, 0.1) is 0 Å². The highest BCUT2D eigenvalue weighted by Gasteiger charge is 2.17. The van der Waals surface area contributed by atoms with E-state index in [-0.39, 0.29) is 18.0 Å². The molecule has 3 aromatic carbocycles. The van der Waals surface area contributed by atoms with Gasteiger partial charge in [-0.1, -0.05) is 60.7 Å². The minimum atomic E-state index is -0.742. The number of ether oxygens (including phenoxy) is 1. The van der Waals surface area contributed by atoms with Gasteiger partial charge in [0.2, 0.25) is 0 Å². The molecule has 4 aromatic rings. The zero-order valence-corrected chi connectivity index (χ0v) is 16.3. The highest BCUT2D eigenvalue weighted by molar-refractivity contribution is 6.11. The van der Waals surface area contributed by atoms with Crippen molar-refractivity contribution in [1.29, 1.82) is 0 Å². The summed E-state index contributed by atoms with van der Waals surface area (Å²) in [5.41, 5.74) is 0.847. The second-order valence-electron chi connectivity index (χ2n) is 6.66. The molecule has 0 saturated heterocycles. The fraction of sp³-hybridized carbons (Fsp3) is 0.0800. The highest BCUT2D eigenvalue weighted by atomic mass is 16.5. The Bertz CT molecular complexity index is 1350. The fourth-order valence-electron chi connectivity index (χ4n) is 3.34. The average molecular weight is 398 g/mol. The van der Waals surface area contributed by atoms with Crippen molar-refractivity contribution in [2.75, 3.05) is 6.61 Å². The van der Waals surface area contributed by atoms with E-state index in [0.717, 1.165) is 10.9 Å². The third-order valence-electron chi connectivity index (χ3n) is 4.74. The van der Waals surface area contributed by atoms with Gasteiger partial charge in [-0.15, -0.1) is 0 Å². The van der Waals surface area contributed by atoms with Crippen LogP contribution < -0.4 is 5.63 Å². The molecule has 0 spiro atoms. The zero-order chi connectivity index (χ0) is 21.1. The van der Waals surface area contributed by atoms with E-state index in [2.05, 4.69) is 0 Å². The van der Waals surface area contributed by atoms with Gasteiger partial charge in [-0.2, -0.15) is 0 Å². The van der Waals surface area contributed by atoms with E-state index < -0.39 is 11.6 Å². The quantitative estimate of drug-likeness (QED) is 0.155. The molecule has 148 valence electrons. The predicted molar refractivity (Wildman–Crippen MR) is 116 cm³/mol. The number of ketones is 1. The van der Waals surface area contributed by atoms with Crippen LogP contribution in [0.15, 0.2) is 82.0 Å². The summed E-state index contributed by atoms with van der Waals surface area (Å²) in [7, 11) is 0. The van der Waals surface area contributed by atoms with Crippen molar-refractivity contribution in [3.8, 4) is 0 Å². The fourth-order valence-corrected chi connectivity index (χ4v) is 3.34. The second-order valence-corrected chi connectivity index (χ2v) is 6.66. The largest absolute Gasteiger partial charge is 0.462 e. The van der Waals surface area contributed by atoms with Gasteiger partial charge in [0.25, 0.3) is 0 Å². The van der Waals surface area contributed by atoms with Crippen molar-refractivity contribution in [2.24, 2.45) is 0 Å². The van der Waals surface area contributed by atoms with E-state index in [0.29, 0.717) is 21.9 Å². The van der Waals surface area contributed by atoms with Crippen molar-refractivity contribution in [3.63, 3.8) is 0 Å². The first kappa shape index (κ1) is 19.3. The topological polar surface area (TPSA) is 73.6 Å². The van der Waals surface area contributed by atoms with Gasteiger partial charge in [-0.25, -0.2) is 9.59 Å². The Hall–Kier alpha value is -3.99. The SMILES string of the molecule is CCOC(=O)c1cc2cc(/C=C/C(=O)c3ccccc3)c3ccccc3c2oc1=O. The molecule has 0 bridgehead atoms. The molecule has 0 aliphatic rings. The number of benzene rings is 3. The standard InChI is InChI=1S/C25H18O5/c1-2-29-24(27)21-15-18-14-17(12-13-22(26)16-8-4-3-5-9-16)19-10-6-7-11-20(19)23(18)30-25(21)28/h3-15H,2H2,1H3/b13-12+. The zero-order valence-electron chi connectivity index (χ0n) is 16.3. The number of fused-ring (bicyclic) bond motifs is 3. The van der Waals surface area contributed by atoms with Crippen molar-refractivity contribution < 1.29 is 18.7 Å². The van der Waals surface area contributed by atoms with E-state index in [4.69, 9.17) is 9.15 Å². The normalized spacial score (nSPS) is 11.2. The summed E-state index contributed by atoms with van der Waals surface area (Å²) < 4.78 is 10.4. The van der Waals surface area contributed by atoms with Crippen molar-refractivity contribution >= 4 is 39.6 Å². The van der Waals surface area contributed by atoms with E-state index >= 15 is 0 Å². The second kappa shape index (κ2) is 8.17. The molecule has 0 aliphatic carbocycles. The third kappa shape index (κ3) is 3.65. The first-order valence-electron chi connectivity index (χ1n) is 9.52. The van der Waals surface area contributed by atoms with Crippen LogP contribution >= 0.6 is 0 Å². The van der Waals surface area contributed by atoms with E-state index in [1.807, 2.05) is 42.5 Å². The summed E-state index contributed by atoms with van der Waals surface area (Å²) in [6, 6.07) is 19.7. The molecule has 0 N–H and O–H groups in total. The van der Waals surface area contributed by atoms with Gasteiger partial charge >= 0.3 is 11.6 Å². The maximum atomic E-state index is 12.5. The van der Waals surface area contributed by atoms with Crippen LogP contribution in [0.25, 0.3) is 27.8 Å². The molecular formula is C25H18O5. The summed E-state index contributed by atoms with van der Waals surface area (Å²) in [5, 5.41) is 2.12. The van der Waals surface area contributed by atoms with Gasteiger partial charge in [0, 0.05) is 16.3 Å². The monoisotopic (exact) mass is 398 g/mol. The Morgan fingerprint density at radius 2 is 1.67 bits per heavy atom. The van der Waals surface area contributed by atoms with Crippen molar-refractivity contribution in [2.45, 2.75) is 6.92 Å². The number of rotatable bonds is 5. The molecule has 1 aromatic heterocycles. The lowest BCUT2D eigenvalue weighted by Crippen LogP contribution is -2.16. The number of esters is 1. The Labute approximate surface area is 172 Å². The minimum Gasteiger partial charge on any atom is -0.462 e. The van der Waals surface area contributed by atoms with E-state index in [9.17, 15) is 14.4 Å². The van der Waals surface area contributed by atoms with Crippen LogP contribution in [0.4, 0.5) is 0 Å². The Morgan fingerprint density at radius 3 is 2.40 bits per heavy atom. The van der Waals surface area contributed by atoms with Crippen LogP contribution in [0.1, 0.15) is 33.2 Å². The molecule has 0 atom stereocenters. The third-order valence-corrected chi connectivity index (χ3v) is 4.74. The average Bonchev–Trinajstić information content (AvgIpc) is 2.78. The van der Waals surface area contributed by atoms with Crippen LogP contribution in [0.5, 0.6) is 0 Å². The lowest BCUT2D eigenvalue weighted by molar-refractivity contribution is 0.0521. The van der Waals surface area contributed by atoms with Crippen LogP contribution in [-0.2, 0) is 4.74 Å². The van der Waals surface area contributed by atoms with Crippen molar-refractivity contribution in [3.05, 3.63) is 99.9 Å². The van der Waals surface area contributed by atoms with E-state index in [1.165, 1.54) is 12.1 Å². The van der Waals surface area contributed by atoms with Gasteiger partial charge in [0.15, 0.2) is 5.78 Å². The maximum absolute atomic E-state index is 12.5. The van der Waals surface area contributed by atoms with Gasteiger partial charge in [-0.3, -0.25) is 4.79 Å². The molecule has 5 nitrogen and oxygen atoms in total. The number of carbonyl (C=O) groups is 2. The molecule has 30 heavy (non-hydrogen) atoms. The molecule has 0 fully saturated rings. The highest BCUT2D eigenvalue weighted by Crippen LogP contribution is 2.29. The molecule has 5 heteroatoms. The number of hydrogen-bond acceptors (Lipinski definition) is 5. The van der Waals surface area contributed by atoms with Crippen LogP contribution in [0.3, 0.4) is 0 Å². The number of hydrogen-bond donors (Lipinski definition) is 0. The van der Waals surface area contributed by atoms with Crippen LogP contribution in [-0.4, -0.2) is 18.4 Å². The maximum Gasteiger partial charge on any atom is 0.351 e. The molecule has 0 unspecified atom stereocenters. The van der Waals surface area contributed by atoms with Gasteiger partial charge in [0.1, 0.15) is 11.1 Å². The molecule has 0 amide bonds.